The van der Waals surface area contributed by atoms with Gasteiger partial charge in [0, 0.05) is 12.4 Å². The van der Waals surface area contributed by atoms with E-state index >= 15 is 0 Å². The van der Waals surface area contributed by atoms with Crippen molar-refractivity contribution in [1.29, 1.82) is 0 Å². The third kappa shape index (κ3) is 5.09. The van der Waals surface area contributed by atoms with E-state index in [0.717, 1.165) is 23.2 Å². The number of pyridine rings is 2. The molecule has 12 heteroatoms. The highest BCUT2D eigenvalue weighted by atomic mass is 35.5. The fourth-order valence-corrected chi connectivity index (χ4v) is 3.54. The smallest absolute Gasteiger partial charge is 0.310 e. The molecule has 1 aliphatic heterocycles. The van der Waals surface area contributed by atoms with Crippen LogP contribution in [-0.2, 0) is 11.0 Å². The number of nitrogens with one attached hydrogen (secondary N) is 1. The number of anilines is 2. The number of nitrogens with zero attached hydrogens (tertiary/aromatic N) is 4. The largest absolute Gasteiger partial charge is 0.416 e. The maximum absolute atomic E-state index is 14.4. The zero-order valence-corrected chi connectivity index (χ0v) is 17.9. The van der Waals surface area contributed by atoms with E-state index in [1.54, 1.807) is 0 Å². The monoisotopic (exact) mass is 473 g/mol. The zero-order valence-electron chi connectivity index (χ0n) is 17.2. The molecule has 7 nitrogen and oxygen atoms in total. The second kappa shape index (κ2) is 9.27. The number of carbonyl (C=O) groups is 2. The molecule has 32 heavy (non-hydrogen) atoms. The van der Waals surface area contributed by atoms with Gasteiger partial charge in [-0.3, -0.25) is 9.69 Å². The van der Waals surface area contributed by atoms with Gasteiger partial charge in [-0.15, -0.1) is 0 Å². The fraction of sp³-hybridized carbons (Fsp3) is 0.400. The minimum absolute atomic E-state index is 0.0428. The van der Waals surface area contributed by atoms with Gasteiger partial charge in [0.05, 0.1) is 23.2 Å². The molecule has 0 spiro atoms. The number of halogens is 5. The van der Waals surface area contributed by atoms with Crippen molar-refractivity contribution >= 4 is 35.2 Å². The lowest BCUT2D eigenvalue weighted by molar-refractivity contribution is -0.137. The van der Waals surface area contributed by atoms with Gasteiger partial charge in [0.1, 0.15) is 12.4 Å². The summed E-state index contributed by atoms with van der Waals surface area (Å²) in [5.41, 5.74) is -0.965. The van der Waals surface area contributed by atoms with Gasteiger partial charge in [-0.25, -0.2) is 19.2 Å². The molecule has 1 saturated heterocycles. The Balaban J connectivity index is 1.80. The summed E-state index contributed by atoms with van der Waals surface area (Å²) in [5.74, 6) is -2.06. The number of alkyl halides is 3. The van der Waals surface area contributed by atoms with Crippen LogP contribution in [0.1, 0.15) is 25.8 Å². The Morgan fingerprint density at radius 1 is 1.34 bits per heavy atom. The average molecular weight is 474 g/mol. The summed E-state index contributed by atoms with van der Waals surface area (Å²) in [6.45, 7) is 3.43. The van der Waals surface area contributed by atoms with Crippen LogP contribution in [0.4, 0.5) is 34.0 Å². The zero-order chi connectivity index (χ0) is 23.6. The molecule has 0 aliphatic carbocycles. The topological polar surface area (TPSA) is 78.4 Å². The average Bonchev–Trinajstić information content (AvgIpc) is 3.03. The highest BCUT2D eigenvalue weighted by Gasteiger charge is 2.42. The van der Waals surface area contributed by atoms with Crippen molar-refractivity contribution in [2.24, 2.45) is 5.92 Å². The van der Waals surface area contributed by atoms with Crippen molar-refractivity contribution in [2.75, 3.05) is 23.3 Å². The van der Waals surface area contributed by atoms with E-state index in [0.29, 0.717) is 12.5 Å². The maximum atomic E-state index is 14.4. The molecule has 172 valence electrons. The van der Waals surface area contributed by atoms with E-state index in [1.165, 1.54) is 11.1 Å². The van der Waals surface area contributed by atoms with Crippen LogP contribution in [0.2, 0.25) is 5.02 Å². The van der Waals surface area contributed by atoms with E-state index in [1.807, 2.05) is 13.8 Å². The first-order valence-corrected chi connectivity index (χ1v) is 10.1. The minimum Gasteiger partial charge on any atom is -0.310 e. The van der Waals surface area contributed by atoms with Crippen LogP contribution in [0.15, 0.2) is 30.6 Å². The van der Waals surface area contributed by atoms with Crippen LogP contribution in [0, 0.1) is 11.7 Å². The van der Waals surface area contributed by atoms with Gasteiger partial charge < -0.3 is 10.2 Å². The molecule has 1 N–H and O–H groups in total. The normalized spacial score (nSPS) is 17.6. The van der Waals surface area contributed by atoms with Gasteiger partial charge >= 0.3 is 12.2 Å². The Morgan fingerprint density at radius 3 is 2.69 bits per heavy atom. The lowest BCUT2D eigenvalue weighted by Crippen LogP contribution is -2.43. The summed E-state index contributed by atoms with van der Waals surface area (Å²) in [7, 11) is 0. The Kier molecular flexibility index (Phi) is 6.87. The lowest BCUT2D eigenvalue weighted by Gasteiger charge is -2.26. The third-order valence-electron chi connectivity index (χ3n) is 5.26. The van der Waals surface area contributed by atoms with Crippen molar-refractivity contribution in [3.63, 3.8) is 0 Å². The number of carbonyl (C=O) groups excluding carboxylic acids is 2. The Labute approximate surface area is 186 Å². The number of aromatic nitrogens is 2. The van der Waals surface area contributed by atoms with E-state index in [-0.39, 0.29) is 29.1 Å². The van der Waals surface area contributed by atoms with Crippen molar-refractivity contribution < 1.29 is 27.2 Å². The van der Waals surface area contributed by atoms with Crippen molar-refractivity contribution in [1.82, 2.24) is 14.9 Å². The highest BCUT2D eigenvalue weighted by Crippen LogP contribution is 2.31. The van der Waals surface area contributed by atoms with Crippen LogP contribution < -0.4 is 10.2 Å². The Hall–Kier alpha value is -2.95. The summed E-state index contributed by atoms with van der Waals surface area (Å²) in [4.78, 5) is 35.5. The van der Waals surface area contributed by atoms with Gasteiger partial charge in [-0.1, -0.05) is 31.9 Å². The van der Waals surface area contributed by atoms with Crippen LogP contribution in [-0.4, -0.2) is 45.9 Å². The van der Waals surface area contributed by atoms with E-state index in [2.05, 4.69) is 15.3 Å². The van der Waals surface area contributed by atoms with Crippen molar-refractivity contribution in [3.8, 4) is 0 Å². The van der Waals surface area contributed by atoms with E-state index < -0.39 is 42.1 Å². The molecule has 2 aromatic rings. The molecule has 0 unspecified atom stereocenters. The first-order chi connectivity index (χ1) is 15.0. The summed E-state index contributed by atoms with van der Waals surface area (Å²) in [6.07, 6.45) is -1.78. The summed E-state index contributed by atoms with van der Waals surface area (Å²) >= 11 is 5.73. The molecule has 2 atom stereocenters. The minimum atomic E-state index is -4.59. The van der Waals surface area contributed by atoms with Gasteiger partial charge in [-0.2, -0.15) is 13.2 Å². The molecular formula is C20H20ClF4N5O2. The standard InChI is InChI=1S/C20H20ClF4N5O2/c1-3-11(2)15-9-30(18-14(22)7-13(21)8-27-18)19(32)29(15)10-17(31)28-16-6-12(4-5-26-16)20(23,24)25/h4-8,11,15H,3,9-10H2,1-2H3,(H,26,28,31)/t11-,15+/m0/s1. The van der Waals surface area contributed by atoms with Crippen LogP contribution >= 0.6 is 11.6 Å². The molecule has 1 aliphatic rings. The first-order valence-electron chi connectivity index (χ1n) is 9.73. The second-order valence-electron chi connectivity index (χ2n) is 7.41. The maximum Gasteiger partial charge on any atom is 0.416 e. The molecule has 2 aromatic heterocycles. The molecule has 3 rings (SSSR count). The number of hydrogen-bond donors (Lipinski definition) is 1. The molecule has 0 radical (unpaired) electrons. The molecular weight excluding hydrogens is 454 g/mol. The van der Waals surface area contributed by atoms with Gasteiger partial charge in [0.15, 0.2) is 11.6 Å². The number of rotatable bonds is 6. The summed E-state index contributed by atoms with van der Waals surface area (Å²) in [6, 6.07) is 1.43. The SMILES string of the molecule is CC[C@H](C)[C@H]1CN(c2ncc(Cl)cc2F)C(=O)N1CC(=O)Nc1cc(C(F)(F)F)ccn1. The van der Waals surface area contributed by atoms with Gasteiger partial charge in [0.25, 0.3) is 0 Å². The Morgan fingerprint density at radius 2 is 2.06 bits per heavy atom. The highest BCUT2D eigenvalue weighted by molar-refractivity contribution is 6.30. The third-order valence-corrected chi connectivity index (χ3v) is 5.47. The van der Waals surface area contributed by atoms with E-state index in [4.69, 9.17) is 11.6 Å². The van der Waals surface area contributed by atoms with Gasteiger partial charge in [-0.05, 0) is 24.1 Å². The first kappa shape index (κ1) is 23.7. The molecule has 0 aromatic carbocycles. The molecule has 1 fully saturated rings. The fourth-order valence-electron chi connectivity index (χ4n) is 3.40. The summed E-state index contributed by atoms with van der Waals surface area (Å²) in [5, 5.41) is 2.35. The molecule has 0 saturated carbocycles. The number of amides is 3. The van der Waals surface area contributed by atoms with Gasteiger partial charge in [0.2, 0.25) is 5.91 Å². The molecule has 3 heterocycles. The number of urea groups is 1. The Bertz CT molecular complexity index is 1020. The molecule has 3 amide bonds. The predicted octanol–water partition coefficient (Wildman–Crippen LogP) is 4.58. The van der Waals surface area contributed by atoms with Crippen LogP contribution in [0.25, 0.3) is 0 Å². The predicted molar refractivity (Wildman–Crippen MR) is 110 cm³/mol. The van der Waals surface area contributed by atoms with Crippen LogP contribution in [0.3, 0.4) is 0 Å². The number of hydrogen-bond acceptors (Lipinski definition) is 4. The lowest BCUT2D eigenvalue weighted by atomic mass is 9.98. The quantitative estimate of drug-likeness (QED) is 0.623. The summed E-state index contributed by atoms with van der Waals surface area (Å²) < 4.78 is 53.0. The second-order valence-corrected chi connectivity index (χ2v) is 7.85. The van der Waals surface area contributed by atoms with Crippen molar-refractivity contribution in [2.45, 2.75) is 32.5 Å². The van der Waals surface area contributed by atoms with Crippen LogP contribution in [0.5, 0.6) is 0 Å². The van der Waals surface area contributed by atoms with Crippen molar-refractivity contribution in [3.05, 3.63) is 47.0 Å². The molecule has 0 bridgehead atoms. The van der Waals surface area contributed by atoms with E-state index in [9.17, 15) is 27.2 Å².